The quantitative estimate of drug-likeness (QED) is 0.771. The maximum absolute atomic E-state index is 12.4. The molecule has 1 aromatic rings. The van der Waals surface area contributed by atoms with Gasteiger partial charge in [-0.05, 0) is 50.8 Å². The van der Waals surface area contributed by atoms with E-state index in [0.29, 0.717) is 18.4 Å². The molecular formula is C18H22ClN3O3. The molecule has 0 N–H and O–H groups in total. The van der Waals surface area contributed by atoms with E-state index >= 15 is 0 Å². The van der Waals surface area contributed by atoms with E-state index < -0.39 is 0 Å². The number of aromatic nitrogens is 2. The largest absolute Gasteiger partial charge is 0.459 e. The molecule has 6 nitrogen and oxygen atoms in total. The number of esters is 1. The van der Waals surface area contributed by atoms with Crippen LogP contribution in [0.15, 0.2) is 18.0 Å². The average Bonchev–Trinajstić information content (AvgIpc) is 3.05. The molecule has 3 fully saturated rings. The summed E-state index contributed by atoms with van der Waals surface area (Å²) in [6.07, 6.45) is 9.85. The van der Waals surface area contributed by atoms with Crippen LogP contribution in [0, 0.1) is 11.8 Å². The summed E-state index contributed by atoms with van der Waals surface area (Å²) >= 11 is 0. The summed E-state index contributed by atoms with van der Waals surface area (Å²) in [5.74, 6) is 1.73. The SMILES string of the molecule is Cl.O=C(OCC1CN2CCC1CC2)C1=Cn2ncc3c2C(=CCC3)O1. The van der Waals surface area contributed by atoms with E-state index in [1.54, 1.807) is 10.9 Å². The second-order valence-electron chi connectivity index (χ2n) is 7.16. The van der Waals surface area contributed by atoms with Crippen LogP contribution >= 0.6 is 12.4 Å². The normalized spacial score (nSPS) is 28.9. The topological polar surface area (TPSA) is 56.6 Å². The summed E-state index contributed by atoms with van der Waals surface area (Å²) in [5.41, 5.74) is 2.14. The Balaban J connectivity index is 0.00000157. The first-order valence-electron chi connectivity index (χ1n) is 8.84. The number of piperidine rings is 3. The number of rotatable bonds is 3. The van der Waals surface area contributed by atoms with Crippen LogP contribution in [0.1, 0.15) is 30.5 Å². The zero-order valence-corrected chi connectivity index (χ0v) is 14.8. The molecule has 2 bridgehead atoms. The van der Waals surface area contributed by atoms with Crippen molar-refractivity contribution in [3.05, 3.63) is 29.3 Å². The van der Waals surface area contributed by atoms with E-state index in [9.17, 15) is 4.79 Å². The van der Waals surface area contributed by atoms with Gasteiger partial charge in [0.1, 0.15) is 11.5 Å². The van der Waals surface area contributed by atoms with Crippen molar-refractivity contribution in [3.8, 4) is 0 Å². The van der Waals surface area contributed by atoms with Crippen molar-refractivity contribution in [1.82, 2.24) is 14.7 Å². The zero-order valence-electron chi connectivity index (χ0n) is 14.0. The van der Waals surface area contributed by atoms with Crippen LogP contribution in [0.25, 0.3) is 12.0 Å². The van der Waals surface area contributed by atoms with Gasteiger partial charge in [0.15, 0.2) is 0 Å². The van der Waals surface area contributed by atoms with Gasteiger partial charge in [0.25, 0.3) is 0 Å². The smallest absolute Gasteiger partial charge is 0.375 e. The summed E-state index contributed by atoms with van der Waals surface area (Å²) < 4.78 is 13.1. The number of halogens is 1. The average molecular weight is 364 g/mol. The molecule has 0 radical (unpaired) electrons. The minimum Gasteiger partial charge on any atom is -0.459 e. The van der Waals surface area contributed by atoms with E-state index in [-0.39, 0.29) is 24.1 Å². The Bertz CT molecular complexity index is 747. The second-order valence-corrected chi connectivity index (χ2v) is 7.16. The maximum Gasteiger partial charge on any atom is 0.375 e. The molecular weight excluding hydrogens is 342 g/mol. The van der Waals surface area contributed by atoms with Crippen molar-refractivity contribution in [2.75, 3.05) is 26.2 Å². The molecule has 1 unspecified atom stereocenters. The highest BCUT2D eigenvalue weighted by molar-refractivity contribution is 5.92. The van der Waals surface area contributed by atoms with Crippen molar-refractivity contribution >= 4 is 30.3 Å². The first-order valence-corrected chi connectivity index (χ1v) is 8.84. The molecule has 1 atom stereocenters. The molecule has 3 saturated heterocycles. The number of allylic oxidation sites excluding steroid dienone is 1. The van der Waals surface area contributed by atoms with Crippen LogP contribution in [0.3, 0.4) is 0 Å². The zero-order chi connectivity index (χ0) is 16.1. The summed E-state index contributed by atoms with van der Waals surface area (Å²) in [4.78, 5) is 14.9. The van der Waals surface area contributed by atoms with E-state index in [2.05, 4.69) is 10.00 Å². The molecule has 5 heterocycles. The summed E-state index contributed by atoms with van der Waals surface area (Å²) in [6, 6.07) is 0. The first kappa shape index (κ1) is 16.7. The molecule has 134 valence electrons. The third-order valence-electron chi connectivity index (χ3n) is 5.73. The molecule has 6 rings (SSSR count). The Kier molecular flexibility index (Phi) is 4.33. The number of carbonyl (C=O) groups excluding carboxylic acids is 1. The predicted molar refractivity (Wildman–Crippen MR) is 94.7 cm³/mol. The molecule has 5 aliphatic rings. The van der Waals surface area contributed by atoms with Crippen LogP contribution in [0.2, 0.25) is 0 Å². The maximum atomic E-state index is 12.4. The molecule has 7 heteroatoms. The van der Waals surface area contributed by atoms with Gasteiger partial charge in [0.2, 0.25) is 5.76 Å². The minimum atomic E-state index is -0.388. The van der Waals surface area contributed by atoms with Gasteiger partial charge in [-0.3, -0.25) is 0 Å². The van der Waals surface area contributed by atoms with Gasteiger partial charge in [-0.1, -0.05) is 0 Å². The van der Waals surface area contributed by atoms with Gasteiger partial charge in [-0.25, -0.2) is 9.48 Å². The fraction of sp³-hybridized carbons (Fsp3) is 0.556. The van der Waals surface area contributed by atoms with E-state index in [1.165, 1.54) is 31.5 Å². The molecule has 4 aliphatic heterocycles. The van der Waals surface area contributed by atoms with Crippen molar-refractivity contribution < 1.29 is 14.3 Å². The van der Waals surface area contributed by atoms with Gasteiger partial charge < -0.3 is 14.4 Å². The summed E-state index contributed by atoms with van der Waals surface area (Å²) in [7, 11) is 0. The third-order valence-corrected chi connectivity index (χ3v) is 5.73. The lowest BCUT2D eigenvalue weighted by Crippen LogP contribution is -2.49. The Hall–Kier alpha value is -1.79. The molecule has 1 aromatic heterocycles. The van der Waals surface area contributed by atoms with E-state index in [0.717, 1.165) is 30.8 Å². The molecule has 0 spiro atoms. The van der Waals surface area contributed by atoms with E-state index in [4.69, 9.17) is 9.47 Å². The highest BCUT2D eigenvalue weighted by atomic mass is 35.5. The molecule has 0 amide bonds. The number of hydrogen-bond acceptors (Lipinski definition) is 5. The second kappa shape index (κ2) is 6.50. The minimum absolute atomic E-state index is 0. The first-order chi connectivity index (χ1) is 11.8. The number of fused-ring (bicyclic) bond motifs is 3. The molecule has 0 aromatic carbocycles. The fourth-order valence-corrected chi connectivity index (χ4v) is 4.38. The number of nitrogens with zero attached hydrogens (tertiary/aromatic N) is 3. The monoisotopic (exact) mass is 363 g/mol. The third kappa shape index (κ3) is 2.87. The van der Waals surface area contributed by atoms with Crippen molar-refractivity contribution in [1.29, 1.82) is 0 Å². The molecule has 1 aliphatic carbocycles. The van der Waals surface area contributed by atoms with Crippen molar-refractivity contribution in [2.45, 2.75) is 25.7 Å². The van der Waals surface area contributed by atoms with Crippen LogP contribution < -0.4 is 0 Å². The number of hydrogen-bond donors (Lipinski definition) is 0. The Labute approximate surface area is 152 Å². The van der Waals surface area contributed by atoms with Crippen molar-refractivity contribution in [3.63, 3.8) is 0 Å². The number of aryl methyl sites for hydroxylation is 1. The highest BCUT2D eigenvalue weighted by Crippen LogP contribution is 2.34. The Morgan fingerprint density at radius 3 is 2.96 bits per heavy atom. The van der Waals surface area contributed by atoms with Gasteiger partial charge in [-0.2, -0.15) is 5.10 Å². The predicted octanol–water partition coefficient (Wildman–Crippen LogP) is 2.31. The van der Waals surface area contributed by atoms with Gasteiger partial charge in [0, 0.05) is 18.0 Å². The van der Waals surface area contributed by atoms with Crippen LogP contribution in [0.4, 0.5) is 0 Å². The molecule has 25 heavy (non-hydrogen) atoms. The summed E-state index contributed by atoms with van der Waals surface area (Å²) in [6.45, 7) is 3.93. The fourth-order valence-electron chi connectivity index (χ4n) is 4.38. The van der Waals surface area contributed by atoms with Gasteiger partial charge in [-0.15, -0.1) is 12.4 Å². The lowest BCUT2D eigenvalue weighted by molar-refractivity contribution is -0.145. The van der Waals surface area contributed by atoms with Crippen LogP contribution in [0.5, 0.6) is 0 Å². The Morgan fingerprint density at radius 1 is 1.36 bits per heavy atom. The van der Waals surface area contributed by atoms with Crippen LogP contribution in [-0.2, 0) is 20.7 Å². The van der Waals surface area contributed by atoms with Crippen molar-refractivity contribution in [2.24, 2.45) is 11.8 Å². The van der Waals surface area contributed by atoms with Crippen LogP contribution in [-0.4, -0.2) is 46.9 Å². The standard InChI is InChI=1S/C18H21N3O3.ClH/c22-18(23-11-14-9-20-6-4-12(14)5-7-20)16-10-21-17-13(8-19-21)2-1-3-15(17)24-16;/h3,8,10,12,14H,1-2,4-7,9,11H2;1H. The number of carbonyl (C=O) groups is 1. The highest BCUT2D eigenvalue weighted by Gasteiger charge is 2.35. The van der Waals surface area contributed by atoms with E-state index in [1.807, 2.05) is 12.3 Å². The lowest BCUT2D eigenvalue weighted by Gasteiger charge is -2.44. The Morgan fingerprint density at radius 2 is 2.20 bits per heavy atom. The van der Waals surface area contributed by atoms with Gasteiger partial charge >= 0.3 is 5.97 Å². The summed E-state index contributed by atoms with van der Waals surface area (Å²) in [5, 5.41) is 4.34. The number of ether oxygens (including phenoxy) is 2. The lowest BCUT2D eigenvalue weighted by atomic mass is 9.79. The van der Waals surface area contributed by atoms with Gasteiger partial charge in [0.05, 0.1) is 19.0 Å². The molecule has 0 saturated carbocycles.